The summed E-state index contributed by atoms with van der Waals surface area (Å²) in [7, 11) is 0. The van der Waals surface area contributed by atoms with Crippen molar-refractivity contribution < 1.29 is 24.3 Å². The van der Waals surface area contributed by atoms with Crippen LogP contribution < -0.4 is 22.1 Å². The lowest BCUT2D eigenvalue weighted by molar-refractivity contribution is -0.142. The second-order valence-corrected chi connectivity index (χ2v) is 7.93. The lowest BCUT2D eigenvalue weighted by Gasteiger charge is -2.23. The van der Waals surface area contributed by atoms with Crippen LogP contribution in [0.15, 0.2) is 30.5 Å². The van der Waals surface area contributed by atoms with Crippen LogP contribution in [-0.2, 0) is 25.6 Å². The minimum atomic E-state index is -1.33. The maximum atomic E-state index is 12.6. The molecule has 0 saturated heterocycles. The maximum Gasteiger partial charge on any atom is 0.326 e. The predicted octanol–water partition coefficient (Wildman–Crippen LogP) is 0.0134. The number of amides is 3. The fourth-order valence-corrected chi connectivity index (χ4v) is 3.28. The van der Waals surface area contributed by atoms with Gasteiger partial charge in [0.1, 0.15) is 12.1 Å². The van der Waals surface area contributed by atoms with Crippen molar-refractivity contribution in [2.45, 2.75) is 51.2 Å². The fraction of sp³-hybridized carbons (Fsp3) is 0.429. The highest BCUT2D eigenvalue weighted by atomic mass is 16.4. The summed E-state index contributed by atoms with van der Waals surface area (Å²) in [6.45, 7) is 3.63. The molecule has 0 radical (unpaired) electrons. The number of nitrogens with two attached hydrogens (primary N) is 2. The summed E-state index contributed by atoms with van der Waals surface area (Å²) in [6, 6.07) is 4.07. The van der Waals surface area contributed by atoms with Crippen molar-refractivity contribution in [1.29, 1.82) is 0 Å². The zero-order chi connectivity index (χ0) is 23.1. The number of primary amides is 1. The van der Waals surface area contributed by atoms with Crippen LogP contribution in [0.5, 0.6) is 0 Å². The van der Waals surface area contributed by atoms with E-state index < -0.39 is 48.2 Å². The molecule has 8 N–H and O–H groups in total. The molecule has 0 spiro atoms. The quantitative estimate of drug-likeness (QED) is 0.291. The molecule has 1 heterocycles. The number of rotatable bonds is 11. The Hall–Kier alpha value is -3.40. The molecule has 31 heavy (non-hydrogen) atoms. The number of carbonyl (C=O) groups excluding carboxylic acids is 3. The molecule has 0 aliphatic rings. The highest BCUT2D eigenvalue weighted by Gasteiger charge is 2.29. The molecule has 0 bridgehead atoms. The lowest BCUT2D eigenvalue weighted by atomic mass is 10.0. The van der Waals surface area contributed by atoms with Crippen molar-refractivity contribution in [2.75, 3.05) is 0 Å². The third-order valence-corrected chi connectivity index (χ3v) is 4.81. The first kappa shape index (κ1) is 23.9. The van der Waals surface area contributed by atoms with Crippen molar-refractivity contribution in [3.8, 4) is 0 Å². The Balaban J connectivity index is 2.07. The zero-order valence-electron chi connectivity index (χ0n) is 17.6. The molecule has 0 aliphatic carbocycles. The van der Waals surface area contributed by atoms with E-state index in [9.17, 15) is 24.3 Å². The van der Waals surface area contributed by atoms with Gasteiger partial charge < -0.3 is 32.2 Å². The van der Waals surface area contributed by atoms with Crippen LogP contribution in [0.1, 0.15) is 32.3 Å². The van der Waals surface area contributed by atoms with E-state index in [-0.39, 0.29) is 18.8 Å². The Morgan fingerprint density at radius 3 is 2.32 bits per heavy atom. The summed E-state index contributed by atoms with van der Waals surface area (Å²) in [5.74, 6) is -3.47. The number of carbonyl (C=O) groups is 4. The minimum Gasteiger partial charge on any atom is -0.480 e. The van der Waals surface area contributed by atoms with E-state index in [4.69, 9.17) is 11.5 Å². The number of aromatic amines is 1. The number of para-hydroxylation sites is 1. The number of benzene rings is 1. The molecule has 3 amide bonds. The Morgan fingerprint density at radius 2 is 1.71 bits per heavy atom. The highest BCUT2D eigenvalue weighted by Crippen LogP contribution is 2.18. The van der Waals surface area contributed by atoms with Gasteiger partial charge in [-0.3, -0.25) is 14.4 Å². The van der Waals surface area contributed by atoms with Crippen molar-refractivity contribution in [2.24, 2.45) is 17.4 Å². The van der Waals surface area contributed by atoms with Crippen molar-refractivity contribution in [3.63, 3.8) is 0 Å². The summed E-state index contributed by atoms with van der Waals surface area (Å²) < 4.78 is 0. The van der Waals surface area contributed by atoms with Crippen molar-refractivity contribution in [3.05, 3.63) is 36.0 Å². The van der Waals surface area contributed by atoms with Crippen molar-refractivity contribution >= 4 is 34.6 Å². The fourth-order valence-electron chi connectivity index (χ4n) is 3.28. The number of aromatic nitrogens is 1. The average Bonchev–Trinajstić information content (AvgIpc) is 3.09. The largest absolute Gasteiger partial charge is 0.480 e. The second-order valence-electron chi connectivity index (χ2n) is 7.93. The number of fused-ring (bicyclic) bond motifs is 1. The Kier molecular flexibility index (Phi) is 8.14. The molecule has 10 heteroatoms. The van der Waals surface area contributed by atoms with Gasteiger partial charge in [0.05, 0.1) is 12.5 Å². The van der Waals surface area contributed by atoms with E-state index in [2.05, 4.69) is 15.6 Å². The number of hydrogen-bond acceptors (Lipinski definition) is 5. The Bertz CT molecular complexity index is 955. The van der Waals surface area contributed by atoms with E-state index in [0.29, 0.717) is 0 Å². The van der Waals surface area contributed by atoms with Gasteiger partial charge >= 0.3 is 5.97 Å². The van der Waals surface area contributed by atoms with E-state index in [1.807, 2.05) is 38.1 Å². The SMILES string of the molecule is CC(C)C[C@H](NC(=O)[C@H](CC(N)=O)NC(=O)[C@@H](N)Cc1c[nH]c2ccccc12)C(=O)O. The van der Waals surface area contributed by atoms with E-state index in [1.165, 1.54) is 0 Å². The Morgan fingerprint density at radius 1 is 1.06 bits per heavy atom. The molecule has 2 aromatic rings. The van der Waals surface area contributed by atoms with Gasteiger partial charge in [-0.15, -0.1) is 0 Å². The zero-order valence-corrected chi connectivity index (χ0v) is 17.6. The molecule has 2 rings (SSSR count). The first-order valence-corrected chi connectivity index (χ1v) is 10.0. The van der Waals surface area contributed by atoms with Crippen molar-refractivity contribution in [1.82, 2.24) is 15.6 Å². The van der Waals surface area contributed by atoms with Crippen LogP contribution in [0, 0.1) is 5.92 Å². The van der Waals surface area contributed by atoms with Crippen LogP contribution in [0.4, 0.5) is 0 Å². The third-order valence-electron chi connectivity index (χ3n) is 4.81. The topological polar surface area (TPSA) is 180 Å². The normalized spacial score (nSPS) is 14.1. The molecule has 3 atom stereocenters. The monoisotopic (exact) mass is 431 g/mol. The second kappa shape index (κ2) is 10.6. The summed E-state index contributed by atoms with van der Waals surface area (Å²) in [6.07, 6.45) is 1.67. The summed E-state index contributed by atoms with van der Waals surface area (Å²) in [4.78, 5) is 51.1. The first-order valence-electron chi connectivity index (χ1n) is 10.0. The third kappa shape index (κ3) is 6.82. The van der Waals surface area contributed by atoms with E-state index in [0.717, 1.165) is 16.5 Å². The predicted molar refractivity (Wildman–Crippen MR) is 115 cm³/mol. The van der Waals surface area contributed by atoms with Crippen LogP contribution in [0.25, 0.3) is 10.9 Å². The van der Waals surface area contributed by atoms with E-state index in [1.54, 1.807) is 6.20 Å². The van der Waals surface area contributed by atoms with Gasteiger partial charge in [-0.1, -0.05) is 32.0 Å². The van der Waals surface area contributed by atoms with Gasteiger partial charge in [-0.05, 0) is 30.4 Å². The molecule has 0 unspecified atom stereocenters. The number of nitrogens with one attached hydrogen (secondary N) is 3. The Labute approximate surface area is 179 Å². The number of hydrogen-bond donors (Lipinski definition) is 6. The number of aliphatic carboxylic acids is 1. The number of carboxylic acids is 1. The average molecular weight is 431 g/mol. The smallest absolute Gasteiger partial charge is 0.326 e. The van der Waals surface area contributed by atoms with Crippen LogP contribution in [0.2, 0.25) is 0 Å². The van der Waals surface area contributed by atoms with Gasteiger partial charge in [-0.25, -0.2) is 4.79 Å². The maximum absolute atomic E-state index is 12.6. The summed E-state index contributed by atoms with van der Waals surface area (Å²) in [5, 5.41) is 15.0. The highest BCUT2D eigenvalue weighted by molar-refractivity contribution is 5.95. The molecule has 1 aromatic heterocycles. The molecule has 0 saturated carbocycles. The van der Waals surface area contributed by atoms with Gasteiger partial charge in [0.2, 0.25) is 17.7 Å². The van der Waals surface area contributed by atoms with Crippen LogP contribution >= 0.6 is 0 Å². The van der Waals surface area contributed by atoms with Gasteiger partial charge in [-0.2, -0.15) is 0 Å². The first-order chi connectivity index (χ1) is 14.6. The minimum absolute atomic E-state index is 0.00942. The molecule has 1 aromatic carbocycles. The molecule has 168 valence electrons. The molecule has 10 nitrogen and oxygen atoms in total. The van der Waals surface area contributed by atoms with E-state index >= 15 is 0 Å². The summed E-state index contributed by atoms with van der Waals surface area (Å²) in [5.41, 5.74) is 13.0. The van der Waals surface area contributed by atoms with Gasteiger partial charge in [0.15, 0.2) is 0 Å². The standard InChI is InChI=1S/C21H29N5O5/c1-11(2)7-17(21(30)31)26-20(29)16(9-18(23)27)25-19(28)14(22)8-12-10-24-15-6-4-3-5-13(12)15/h3-6,10-11,14,16-17,24H,7-9,22H2,1-2H3,(H2,23,27)(H,25,28)(H,26,29)(H,30,31)/t14-,16-,17-/m0/s1. The number of carboxylic acid groups (broad SMARTS) is 1. The summed E-state index contributed by atoms with van der Waals surface area (Å²) >= 11 is 0. The molecule has 0 fully saturated rings. The lowest BCUT2D eigenvalue weighted by Crippen LogP contribution is -2.55. The van der Waals surface area contributed by atoms with Crippen LogP contribution in [-0.4, -0.2) is 51.9 Å². The molecule has 0 aliphatic heterocycles. The molecular weight excluding hydrogens is 402 g/mol. The van der Waals surface area contributed by atoms with Gasteiger partial charge in [0, 0.05) is 17.1 Å². The van der Waals surface area contributed by atoms with Crippen LogP contribution in [0.3, 0.4) is 0 Å². The molecular formula is C21H29N5O5. The van der Waals surface area contributed by atoms with Gasteiger partial charge in [0.25, 0.3) is 0 Å². The number of H-pyrrole nitrogens is 1.